The zero-order chi connectivity index (χ0) is 11.8. The van der Waals surface area contributed by atoms with Crippen LogP contribution in [0, 0.1) is 5.82 Å². The molecule has 0 radical (unpaired) electrons. The summed E-state index contributed by atoms with van der Waals surface area (Å²) in [5.41, 5.74) is 5.71. The molecule has 0 heterocycles. The van der Waals surface area contributed by atoms with Crippen LogP contribution in [0.1, 0.15) is 36.0 Å². The van der Waals surface area contributed by atoms with Crippen molar-refractivity contribution >= 4 is 21.7 Å². The molecule has 1 saturated carbocycles. The lowest BCUT2D eigenvalue weighted by Gasteiger charge is -2.37. The molecule has 0 unspecified atom stereocenters. The van der Waals surface area contributed by atoms with Gasteiger partial charge >= 0.3 is 0 Å². The standard InChI is InChI=1S/C12H13BrFNO/c13-9-4-1-3-8(11(9)14)10(16)7-12(15)5-2-6-12/h1,3-4H,2,5-7,15H2. The van der Waals surface area contributed by atoms with E-state index in [9.17, 15) is 9.18 Å². The van der Waals surface area contributed by atoms with Crippen molar-refractivity contribution in [2.45, 2.75) is 31.2 Å². The largest absolute Gasteiger partial charge is 0.325 e. The van der Waals surface area contributed by atoms with Gasteiger partial charge in [0.05, 0.1) is 10.0 Å². The Balaban J connectivity index is 2.17. The Morgan fingerprint density at radius 1 is 1.50 bits per heavy atom. The molecule has 1 aromatic rings. The average molecular weight is 286 g/mol. The van der Waals surface area contributed by atoms with Gasteiger partial charge < -0.3 is 5.73 Å². The van der Waals surface area contributed by atoms with Crippen LogP contribution in [0.3, 0.4) is 0 Å². The molecule has 86 valence electrons. The van der Waals surface area contributed by atoms with Crippen LogP contribution in [0.15, 0.2) is 22.7 Å². The summed E-state index contributed by atoms with van der Waals surface area (Å²) in [6, 6.07) is 4.74. The van der Waals surface area contributed by atoms with Gasteiger partial charge in [-0.2, -0.15) is 0 Å². The van der Waals surface area contributed by atoms with Gasteiger partial charge in [0, 0.05) is 12.0 Å². The van der Waals surface area contributed by atoms with Gasteiger partial charge in [0.25, 0.3) is 0 Å². The summed E-state index contributed by atoms with van der Waals surface area (Å²) in [4.78, 5) is 11.9. The van der Waals surface area contributed by atoms with E-state index in [4.69, 9.17) is 5.73 Å². The van der Waals surface area contributed by atoms with Crippen LogP contribution in [0.2, 0.25) is 0 Å². The number of halogens is 2. The Morgan fingerprint density at radius 3 is 2.75 bits per heavy atom. The summed E-state index contributed by atoms with van der Waals surface area (Å²) in [7, 11) is 0. The van der Waals surface area contributed by atoms with E-state index in [1.54, 1.807) is 12.1 Å². The van der Waals surface area contributed by atoms with E-state index in [1.807, 2.05) is 0 Å². The minimum absolute atomic E-state index is 0.131. The van der Waals surface area contributed by atoms with Crippen LogP contribution in [0.25, 0.3) is 0 Å². The fourth-order valence-electron chi connectivity index (χ4n) is 1.94. The van der Waals surface area contributed by atoms with Gasteiger partial charge in [-0.1, -0.05) is 6.07 Å². The van der Waals surface area contributed by atoms with Crippen molar-refractivity contribution in [1.29, 1.82) is 0 Å². The molecule has 16 heavy (non-hydrogen) atoms. The Labute approximate surface area is 102 Å². The van der Waals surface area contributed by atoms with E-state index in [0.29, 0.717) is 4.47 Å². The lowest BCUT2D eigenvalue weighted by molar-refractivity contribution is 0.0908. The van der Waals surface area contributed by atoms with Gasteiger partial charge in [-0.3, -0.25) is 4.79 Å². The van der Waals surface area contributed by atoms with Crippen molar-refractivity contribution in [3.05, 3.63) is 34.1 Å². The summed E-state index contributed by atoms with van der Waals surface area (Å²) in [5, 5.41) is 0. The van der Waals surface area contributed by atoms with Crippen LogP contribution in [-0.2, 0) is 0 Å². The third kappa shape index (κ3) is 2.18. The minimum Gasteiger partial charge on any atom is -0.325 e. The monoisotopic (exact) mass is 285 g/mol. The Kier molecular flexibility index (Phi) is 3.13. The van der Waals surface area contributed by atoms with Crippen LogP contribution in [-0.4, -0.2) is 11.3 Å². The molecule has 0 aromatic heterocycles. The Bertz CT molecular complexity index is 429. The molecule has 0 bridgehead atoms. The fraction of sp³-hybridized carbons (Fsp3) is 0.417. The first-order valence-corrected chi connectivity index (χ1v) is 6.07. The normalized spacial score (nSPS) is 17.9. The SMILES string of the molecule is NC1(CC(=O)c2cccc(Br)c2F)CCC1. The molecule has 0 aliphatic heterocycles. The third-order valence-electron chi connectivity index (χ3n) is 3.11. The number of benzene rings is 1. The van der Waals surface area contributed by atoms with Crippen molar-refractivity contribution in [3.63, 3.8) is 0 Å². The second-order valence-electron chi connectivity index (χ2n) is 4.42. The molecule has 1 aliphatic carbocycles. The fourth-order valence-corrected chi connectivity index (χ4v) is 2.31. The molecule has 1 fully saturated rings. The zero-order valence-electron chi connectivity index (χ0n) is 8.80. The lowest BCUT2D eigenvalue weighted by Crippen LogP contribution is -2.48. The van der Waals surface area contributed by atoms with E-state index >= 15 is 0 Å². The molecular weight excluding hydrogens is 273 g/mol. The Hall–Kier alpha value is -0.740. The Morgan fingerprint density at radius 2 is 2.19 bits per heavy atom. The number of carbonyl (C=O) groups excluding carboxylic acids is 1. The van der Waals surface area contributed by atoms with Crippen LogP contribution < -0.4 is 5.73 Å². The van der Waals surface area contributed by atoms with Gasteiger partial charge in [-0.25, -0.2) is 4.39 Å². The van der Waals surface area contributed by atoms with E-state index < -0.39 is 11.4 Å². The predicted molar refractivity (Wildman–Crippen MR) is 63.8 cm³/mol. The van der Waals surface area contributed by atoms with E-state index in [0.717, 1.165) is 19.3 Å². The smallest absolute Gasteiger partial charge is 0.167 e. The minimum atomic E-state index is -0.490. The molecule has 2 nitrogen and oxygen atoms in total. The van der Waals surface area contributed by atoms with Gasteiger partial charge in [-0.05, 0) is 47.3 Å². The highest BCUT2D eigenvalue weighted by atomic mass is 79.9. The van der Waals surface area contributed by atoms with Crippen LogP contribution in [0.4, 0.5) is 4.39 Å². The first-order chi connectivity index (χ1) is 7.52. The molecule has 0 spiro atoms. The molecule has 2 N–H and O–H groups in total. The highest BCUT2D eigenvalue weighted by Gasteiger charge is 2.35. The molecule has 0 atom stereocenters. The van der Waals surface area contributed by atoms with E-state index in [-0.39, 0.29) is 17.8 Å². The third-order valence-corrected chi connectivity index (χ3v) is 3.73. The van der Waals surface area contributed by atoms with E-state index in [2.05, 4.69) is 15.9 Å². The summed E-state index contributed by atoms with van der Waals surface area (Å²) in [6.07, 6.45) is 3.01. The van der Waals surface area contributed by atoms with E-state index in [1.165, 1.54) is 6.07 Å². The summed E-state index contributed by atoms with van der Waals surface area (Å²) in [5.74, 6) is -0.698. The van der Waals surface area contributed by atoms with Crippen molar-refractivity contribution in [2.24, 2.45) is 5.73 Å². The molecule has 4 heteroatoms. The predicted octanol–water partition coefficient (Wildman–Crippen LogP) is 3.04. The van der Waals surface area contributed by atoms with Gasteiger partial charge in [0.1, 0.15) is 5.82 Å². The van der Waals surface area contributed by atoms with Crippen molar-refractivity contribution in [1.82, 2.24) is 0 Å². The number of carbonyl (C=O) groups is 1. The highest BCUT2D eigenvalue weighted by Crippen LogP contribution is 2.33. The summed E-state index contributed by atoms with van der Waals surface area (Å²) >= 11 is 3.07. The number of Topliss-reactive ketones (excluding diaryl/α,β-unsaturated/α-hetero) is 1. The quantitative estimate of drug-likeness (QED) is 0.868. The maximum absolute atomic E-state index is 13.6. The molecule has 2 rings (SSSR count). The van der Waals surface area contributed by atoms with Crippen molar-refractivity contribution in [2.75, 3.05) is 0 Å². The van der Waals surface area contributed by atoms with Gasteiger partial charge in [0.2, 0.25) is 0 Å². The first kappa shape index (κ1) is 11.7. The number of rotatable bonds is 3. The number of hydrogen-bond acceptors (Lipinski definition) is 2. The summed E-state index contributed by atoms with van der Waals surface area (Å²) in [6.45, 7) is 0. The molecule has 1 aromatic carbocycles. The molecule has 0 amide bonds. The second kappa shape index (κ2) is 4.26. The van der Waals surface area contributed by atoms with Crippen LogP contribution in [0.5, 0.6) is 0 Å². The number of hydrogen-bond donors (Lipinski definition) is 1. The maximum Gasteiger partial charge on any atom is 0.167 e. The molecular formula is C12H13BrFNO. The maximum atomic E-state index is 13.6. The average Bonchev–Trinajstić information content (AvgIpc) is 2.19. The zero-order valence-corrected chi connectivity index (χ0v) is 10.4. The molecule has 1 aliphatic rings. The lowest BCUT2D eigenvalue weighted by atomic mass is 9.74. The topological polar surface area (TPSA) is 43.1 Å². The van der Waals surface area contributed by atoms with Gasteiger partial charge in [0.15, 0.2) is 5.78 Å². The highest BCUT2D eigenvalue weighted by molar-refractivity contribution is 9.10. The van der Waals surface area contributed by atoms with Crippen molar-refractivity contribution in [3.8, 4) is 0 Å². The first-order valence-electron chi connectivity index (χ1n) is 5.28. The summed E-state index contributed by atoms with van der Waals surface area (Å²) < 4.78 is 14.0. The van der Waals surface area contributed by atoms with Crippen LogP contribution >= 0.6 is 15.9 Å². The van der Waals surface area contributed by atoms with Crippen molar-refractivity contribution < 1.29 is 9.18 Å². The van der Waals surface area contributed by atoms with Gasteiger partial charge in [-0.15, -0.1) is 0 Å². The number of ketones is 1. The number of nitrogens with two attached hydrogens (primary N) is 1. The molecule has 0 saturated heterocycles. The second-order valence-corrected chi connectivity index (χ2v) is 5.27.